The third-order valence-corrected chi connectivity index (χ3v) is 9.89. The Morgan fingerprint density at radius 1 is 1.30 bits per heavy atom. The molecule has 1 fully saturated rings. The summed E-state index contributed by atoms with van der Waals surface area (Å²) < 4.78 is 11.6. The second-order valence-corrected chi connectivity index (χ2v) is 12.7. The number of ether oxygens (including phenoxy) is 1. The van der Waals surface area contributed by atoms with Gasteiger partial charge < -0.3 is 9.16 Å². The molecule has 1 aliphatic carbocycles. The predicted octanol–water partition coefficient (Wildman–Crippen LogP) is 4.11. The average molecular weight is 341 g/mol. The maximum Gasteiger partial charge on any atom is 0.309 e. The number of carbonyl (C=O) groups is 2. The first-order valence-corrected chi connectivity index (χ1v) is 11.4. The molecule has 1 aliphatic rings. The summed E-state index contributed by atoms with van der Waals surface area (Å²) in [5, 5.41) is 0.110. The Bertz CT molecular complexity index is 437. The molecule has 4 nitrogen and oxygen atoms in total. The second-order valence-electron chi connectivity index (χ2n) is 7.94. The van der Waals surface area contributed by atoms with E-state index in [1.165, 1.54) is 13.2 Å². The highest BCUT2D eigenvalue weighted by Crippen LogP contribution is 2.43. The molecule has 0 spiro atoms. The molecule has 0 heterocycles. The first-order valence-electron chi connectivity index (χ1n) is 8.50. The first kappa shape index (κ1) is 20.1. The third-order valence-electron chi connectivity index (χ3n) is 5.39. The van der Waals surface area contributed by atoms with Gasteiger partial charge in [-0.2, -0.15) is 0 Å². The molecule has 0 bridgehead atoms. The van der Waals surface area contributed by atoms with Crippen LogP contribution < -0.4 is 0 Å². The van der Waals surface area contributed by atoms with Gasteiger partial charge >= 0.3 is 5.97 Å². The molecule has 0 aliphatic heterocycles. The molecular formula is C18H32O4Si. The molecule has 0 radical (unpaired) electrons. The van der Waals surface area contributed by atoms with E-state index < -0.39 is 8.32 Å². The van der Waals surface area contributed by atoms with Crippen molar-refractivity contribution in [3.63, 3.8) is 0 Å². The van der Waals surface area contributed by atoms with Gasteiger partial charge in [0.05, 0.1) is 19.1 Å². The molecule has 5 heteroatoms. The molecule has 0 aromatic carbocycles. The van der Waals surface area contributed by atoms with Gasteiger partial charge in [0.1, 0.15) is 6.29 Å². The van der Waals surface area contributed by atoms with Gasteiger partial charge in [-0.1, -0.05) is 33.3 Å². The number of hydrogen-bond donors (Lipinski definition) is 0. The highest BCUT2D eigenvalue weighted by molar-refractivity contribution is 6.74. The van der Waals surface area contributed by atoms with Crippen molar-refractivity contribution in [2.45, 2.75) is 70.7 Å². The summed E-state index contributed by atoms with van der Waals surface area (Å²) >= 11 is 0. The summed E-state index contributed by atoms with van der Waals surface area (Å²) in [6, 6.07) is 0. The summed E-state index contributed by atoms with van der Waals surface area (Å²) in [7, 11) is -0.493. The molecule has 0 saturated heterocycles. The lowest BCUT2D eigenvalue weighted by Crippen LogP contribution is -2.46. The molecular weight excluding hydrogens is 308 g/mol. The zero-order valence-electron chi connectivity index (χ0n) is 15.4. The Morgan fingerprint density at radius 3 is 2.48 bits per heavy atom. The van der Waals surface area contributed by atoms with E-state index in [-0.39, 0.29) is 28.9 Å². The van der Waals surface area contributed by atoms with Gasteiger partial charge in [0.2, 0.25) is 0 Å². The molecule has 3 atom stereocenters. The van der Waals surface area contributed by atoms with Crippen LogP contribution in [0.5, 0.6) is 0 Å². The minimum atomic E-state index is -1.94. The van der Waals surface area contributed by atoms with Crippen LogP contribution in [-0.4, -0.2) is 33.8 Å². The van der Waals surface area contributed by atoms with Crippen molar-refractivity contribution in [1.29, 1.82) is 0 Å². The summed E-state index contributed by atoms with van der Waals surface area (Å²) in [5.74, 6) is -0.0389. The molecule has 1 unspecified atom stereocenters. The van der Waals surface area contributed by atoms with E-state index in [0.717, 1.165) is 25.5 Å². The fourth-order valence-corrected chi connectivity index (χ4v) is 4.39. The Kier molecular flexibility index (Phi) is 7.20. The Labute approximate surface area is 141 Å². The lowest BCUT2D eigenvalue weighted by Gasteiger charge is -2.41. The lowest BCUT2D eigenvalue weighted by atomic mass is 9.89. The van der Waals surface area contributed by atoms with E-state index in [9.17, 15) is 9.59 Å². The zero-order chi connectivity index (χ0) is 17.7. The minimum Gasteiger partial charge on any atom is -0.469 e. The van der Waals surface area contributed by atoms with E-state index in [1.54, 1.807) is 0 Å². The minimum absolute atomic E-state index is 0.0290. The van der Waals surface area contributed by atoms with Crippen LogP contribution in [0.4, 0.5) is 0 Å². The van der Waals surface area contributed by atoms with Gasteiger partial charge in [-0.15, -0.1) is 0 Å². The number of esters is 1. The second kappa shape index (κ2) is 8.24. The molecule has 132 valence electrons. The van der Waals surface area contributed by atoms with Gasteiger partial charge in [0, 0.05) is 0 Å². The standard InChI is InChI=1S/C18H32O4Si/c1-18(2,3)23(5,6)22-16(12-7-8-13-19)14-10-9-11-15(14)17(20)21-4/h7-8,13-16H,9-12H2,1-6H3/b8-7+/t14?,15-,16+/m1/s1. The number of methoxy groups -OCH3 is 1. The van der Waals surface area contributed by atoms with Gasteiger partial charge in [0.25, 0.3) is 0 Å². The van der Waals surface area contributed by atoms with E-state index in [2.05, 4.69) is 33.9 Å². The summed E-state index contributed by atoms with van der Waals surface area (Å²) in [6.07, 6.45) is 7.68. The normalized spacial score (nSPS) is 23.9. The van der Waals surface area contributed by atoms with Crippen LogP contribution in [0.1, 0.15) is 46.5 Å². The van der Waals surface area contributed by atoms with Crippen LogP contribution in [0.25, 0.3) is 0 Å². The van der Waals surface area contributed by atoms with Crippen molar-refractivity contribution in [1.82, 2.24) is 0 Å². The fraction of sp³-hybridized carbons (Fsp3) is 0.778. The maximum absolute atomic E-state index is 12.1. The van der Waals surface area contributed by atoms with Gasteiger partial charge in [-0.25, -0.2) is 0 Å². The molecule has 1 saturated carbocycles. The number of aldehydes is 1. The largest absolute Gasteiger partial charge is 0.469 e. The van der Waals surface area contributed by atoms with Crippen LogP contribution in [0.2, 0.25) is 18.1 Å². The monoisotopic (exact) mass is 340 g/mol. The van der Waals surface area contributed by atoms with Crippen LogP contribution in [0.3, 0.4) is 0 Å². The maximum atomic E-state index is 12.1. The molecule has 23 heavy (non-hydrogen) atoms. The average Bonchev–Trinajstić information content (AvgIpc) is 2.93. The number of allylic oxidation sites excluding steroid dienone is 1. The lowest BCUT2D eigenvalue weighted by molar-refractivity contribution is -0.148. The number of rotatable bonds is 7. The van der Waals surface area contributed by atoms with Gasteiger partial charge in [-0.3, -0.25) is 9.59 Å². The summed E-state index contributed by atoms with van der Waals surface area (Å²) in [4.78, 5) is 22.7. The van der Waals surface area contributed by atoms with Crippen molar-refractivity contribution < 1.29 is 18.8 Å². The number of hydrogen-bond acceptors (Lipinski definition) is 4. The van der Waals surface area contributed by atoms with Crippen molar-refractivity contribution in [3.05, 3.63) is 12.2 Å². The smallest absolute Gasteiger partial charge is 0.309 e. The third kappa shape index (κ3) is 5.28. The topological polar surface area (TPSA) is 52.6 Å². The van der Waals surface area contributed by atoms with E-state index >= 15 is 0 Å². The summed E-state index contributed by atoms with van der Waals surface area (Å²) in [6.45, 7) is 11.1. The van der Waals surface area contributed by atoms with Crippen molar-refractivity contribution in [2.75, 3.05) is 7.11 Å². The summed E-state index contributed by atoms with van der Waals surface area (Å²) in [5.41, 5.74) is 0. The van der Waals surface area contributed by atoms with Gasteiger partial charge in [-0.05, 0) is 49.4 Å². The first-order chi connectivity index (χ1) is 10.6. The van der Waals surface area contributed by atoms with Crippen molar-refractivity contribution in [2.24, 2.45) is 11.8 Å². The van der Waals surface area contributed by atoms with Crippen LogP contribution in [-0.2, 0) is 18.8 Å². The van der Waals surface area contributed by atoms with E-state index in [4.69, 9.17) is 9.16 Å². The number of carbonyl (C=O) groups excluding carboxylic acids is 2. The van der Waals surface area contributed by atoms with E-state index in [1.807, 2.05) is 6.08 Å². The highest BCUT2D eigenvalue weighted by Gasteiger charge is 2.44. The molecule has 0 N–H and O–H groups in total. The van der Waals surface area contributed by atoms with E-state index in [0.29, 0.717) is 6.42 Å². The molecule has 0 amide bonds. The highest BCUT2D eigenvalue weighted by atomic mass is 28.4. The fourth-order valence-electron chi connectivity index (χ4n) is 3.01. The predicted molar refractivity (Wildman–Crippen MR) is 94.7 cm³/mol. The van der Waals surface area contributed by atoms with Crippen molar-refractivity contribution >= 4 is 20.6 Å². The van der Waals surface area contributed by atoms with Crippen LogP contribution in [0, 0.1) is 11.8 Å². The Hall–Kier alpha value is -0.943. The van der Waals surface area contributed by atoms with Crippen molar-refractivity contribution in [3.8, 4) is 0 Å². The van der Waals surface area contributed by atoms with Crippen LogP contribution >= 0.6 is 0 Å². The Morgan fingerprint density at radius 2 is 1.96 bits per heavy atom. The quantitative estimate of drug-likeness (QED) is 0.303. The zero-order valence-corrected chi connectivity index (χ0v) is 16.4. The van der Waals surface area contributed by atoms with Gasteiger partial charge in [0.15, 0.2) is 8.32 Å². The van der Waals surface area contributed by atoms with Crippen LogP contribution in [0.15, 0.2) is 12.2 Å². The SMILES string of the molecule is COC(=O)[C@@H]1CCCC1[C@H](C/C=C/C=O)O[Si](C)(C)C(C)(C)C. The molecule has 0 aromatic rings. The Balaban J connectivity index is 2.98. The molecule has 0 aromatic heterocycles. The molecule has 1 rings (SSSR count).